The van der Waals surface area contributed by atoms with Gasteiger partial charge in [0.1, 0.15) is 0 Å². The van der Waals surface area contributed by atoms with Crippen molar-refractivity contribution in [1.29, 1.82) is 0 Å². The number of hydrogen-bond acceptors (Lipinski definition) is 6. The highest BCUT2D eigenvalue weighted by molar-refractivity contribution is 5.44. The van der Waals surface area contributed by atoms with Crippen LogP contribution < -0.4 is 0 Å². The number of furan rings is 1. The predicted octanol–water partition coefficient (Wildman–Crippen LogP) is 2.06. The second-order valence-electron chi connectivity index (χ2n) is 5.28. The second-order valence-corrected chi connectivity index (χ2v) is 5.28. The zero-order chi connectivity index (χ0) is 13.9. The molecule has 2 atom stereocenters. The smallest absolute Gasteiger partial charge is 0.241 e. The molecule has 3 heterocycles. The van der Waals surface area contributed by atoms with Crippen molar-refractivity contribution in [2.75, 3.05) is 6.61 Å². The summed E-state index contributed by atoms with van der Waals surface area (Å²) in [4.78, 5) is 6.59. The largest absolute Gasteiger partial charge is 0.461 e. The first-order valence-electron chi connectivity index (χ1n) is 7.01. The van der Waals surface area contributed by atoms with E-state index in [9.17, 15) is 5.11 Å². The topological polar surface area (TPSA) is 75.5 Å². The summed E-state index contributed by atoms with van der Waals surface area (Å²) in [5.74, 6) is 1.63. The van der Waals surface area contributed by atoms with Crippen molar-refractivity contribution in [2.45, 2.75) is 44.8 Å². The molecule has 0 amide bonds. The Morgan fingerprint density at radius 3 is 3.10 bits per heavy atom. The molecule has 1 aliphatic heterocycles. The quantitative estimate of drug-likeness (QED) is 0.922. The first-order chi connectivity index (χ1) is 9.78. The van der Waals surface area contributed by atoms with E-state index in [4.69, 9.17) is 8.94 Å². The number of likely N-dealkylation sites (tertiary alicyclic amines) is 1. The van der Waals surface area contributed by atoms with E-state index in [1.54, 1.807) is 18.4 Å². The zero-order valence-corrected chi connectivity index (χ0v) is 11.5. The minimum atomic E-state index is 0.170. The van der Waals surface area contributed by atoms with Gasteiger partial charge in [-0.2, -0.15) is 4.98 Å². The molecular weight excluding hydrogens is 258 g/mol. The summed E-state index contributed by atoms with van der Waals surface area (Å²) >= 11 is 0. The summed E-state index contributed by atoms with van der Waals surface area (Å²) in [7, 11) is 0. The molecule has 0 radical (unpaired) electrons. The van der Waals surface area contributed by atoms with Gasteiger partial charge >= 0.3 is 0 Å². The molecule has 0 spiro atoms. The normalized spacial score (nSPS) is 24.1. The van der Waals surface area contributed by atoms with Crippen LogP contribution in [0.25, 0.3) is 11.6 Å². The molecule has 2 aromatic rings. The maximum Gasteiger partial charge on any atom is 0.241 e. The highest BCUT2D eigenvalue weighted by atomic mass is 16.5. The number of piperidine rings is 1. The van der Waals surface area contributed by atoms with Crippen LogP contribution in [-0.4, -0.2) is 38.8 Å². The van der Waals surface area contributed by atoms with E-state index in [1.807, 2.05) is 0 Å². The monoisotopic (exact) mass is 277 g/mol. The van der Waals surface area contributed by atoms with Crippen LogP contribution in [0, 0.1) is 0 Å². The third-order valence-electron chi connectivity index (χ3n) is 3.93. The van der Waals surface area contributed by atoms with Gasteiger partial charge in [0.15, 0.2) is 5.76 Å². The van der Waals surface area contributed by atoms with Crippen LogP contribution in [0.2, 0.25) is 0 Å². The number of rotatable bonds is 4. The van der Waals surface area contributed by atoms with Crippen molar-refractivity contribution in [3.05, 3.63) is 24.3 Å². The van der Waals surface area contributed by atoms with Crippen LogP contribution in [0.4, 0.5) is 0 Å². The van der Waals surface area contributed by atoms with Gasteiger partial charge < -0.3 is 14.0 Å². The molecule has 1 fully saturated rings. The van der Waals surface area contributed by atoms with Gasteiger partial charge in [-0.1, -0.05) is 11.6 Å². The Kier molecular flexibility index (Phi) is 3.84. The van der Waals surface area contributed by atoms with Gasteiger partial charge in [-0.25, -0.2) is 0 Å². The summed E-state index contributed by atoms with van der Waals surface area (Å²) in [5.41, 5.74) is 0. The summed E-state index contributed by atoms with van der Waals surface area (Å²) in [6.07, 6.45) is 4.89. The lowest BCUT2D eigenvalue weighted by Gasteiger charge is -2.38. The fourth-order valence-corrected chi connectivity index (χ4v) is 2.80. The number of aliphatic hydroxyl groups excluding tert-OH is 1. The molecule has 20 heavy (non-hydrogen) atoms. The molecule has 108 valence electrons. The first kappa shape index (κ1) is 13.3. The lowest BCUT2D eigenvalue weighted by atomic mass is 9.97. The Morgan fingerprint density at radius 1 is 1.45 bits per heavy atom. The van der Waals surface area contributed by atoms with E-state index < -0.39 is 0 Å². The molecule has 1 N–H and O–H groups in total. The van der Waals surface area contributed by atoms with Crippen molar-refractivity contribution in [3.8, 4) is 11.6 Å². The molecular formula is C14H19N3O3. The van der Waals surface area contributed by atoms with Crippen LogP contribution in [0.1, 0.15) is 32.1 Å². The average Bonchev–Trinajstić information content (AvgIpc) is 3.11. The highest BCUT2D eigenvalue weighted by Gasteiger charge is 2.29. The minimum absolute atomic E-state index is 0.170. The molecule has 1 saturated heterocycles. The SMILES string of the molecule is C[C@H]1CCC[C@H](CO)N1Cc1nc(-c2ccco2)no1. The van der Waals surface area contributed by atoms with Gasteiger partial charge in [-0.05, 0) is 31.9 Å². The second kappa shape index (κ2) is 5.76. The van der Waals surface area contributed by atoms with Crippen molar-refractivity contribution >= 4 is 0 Å². The molecule has 0 aliphatic carbocycles. The van der Waals surface area contributed by atoms with Gasteiger partial charge in [0.25, 0.3) is 0 Å². The Balaban J connectivity index is 1.73. The van der Waals surface area contributed by atoms with E-state index in [0.717, 1.165) is 19.3 Å². The van der Waals surface area contributed by atoms with E-state index in [2.05, 4.69) is 22.0 Å². The fourth-order valence-electron chi connectivity index (χ4n) is 2.80. The first-order valence-corrected chi connectivity index (χ1v) is 7.01. The van der Waals surface area contributed by atoms with Crippen molar-refractivity contribution in [3.63, 3.8) is 0 Å². The Morgan fingerprint density at radius 2 is 2.35 bits per heavy atom. The van der Waals surface area contributed by atoms with Gasteiger partial charge in [0.2, 0.25) is 11.7 Å². The Bertz CT molecular complexity index is 538. The van der Waals surface area contributed by atoms with Crippen LogP contribution in [0.5, 0.6) is 0 Å². The lowest BCUT2D eigenvalue weighted by molar-refractivity contribution is 0.0370. The van der Waals surface area contributed by atoms with E-state index in [1.165, 1.54) is 0 Å². The maximum absolute atomic E-state index is 9.49. The minimum Gasteiger partial charge on any atom is -0.461 e. The lowest BCUT2D eigenvalue weighted by Crippen LogP contribution is -2.46. The number of hydrogen-bond donors (Lipinski definition) is 1. The Hall–Kier alpha value is -1.66. The maximum atomic E-state index is 9.49. The highest BCUT2D eigenvalue weighted by Crippen LogP contribution is 2.25. The molecule has 2 aromatic heterocycles. The fraction of sp³-hybridized carbons (Fsp3) is 0.571. The van der Waals surface area contributed by atoms with Crippen LogP contribution in [-0.2, 0) is 6.54 Å². The molecule has 1 aliphatic rings. The summed E-state index contributed by atoms with van der Waals surface area (Å²) in [6.45, 7) is 2.91. The summed E-state index contributed by atoms with van der Waals surface area (Å²) in [6, 6.07) is 4.19. The summed E-state index contributed by atoms with van der Waals surface area (Å²) in [5, 5.41) is 13.4. The molecule has 0 unspecified atom stereocenters. The van der Waals surface area contributed by atoms with Crippen molar-refractivity contribution in [2.24, 2.45) is 0 Å². The third kappa shape index (κ3) is 2.62. The van der Waals surface area contributed by atoms with E-state index in [-0.39, 0.29) is 12.6 Å². The van der Waals surface area contributed by atoms with Crippen LogP contribution >= 0.6 is 0 Å². The average molecular weight is 277 g/mol. The molecule has 0 aromatic carbocycles. The van der Waals surface area contributed by atoms with E-state index >= 15 is 0 Å². The molecule has 3 rings (SSSR count). The van der Waals surface area contributed by atoms with E-state index in [0.29, 0.717) is 30.1 Å². The summed E-state index contributed by atoms with van der Waals surface area (Å²) < 4.78 is 10.5. The van der Waals surface area contributed by atoms with Crippen molar-refractivity contribution < 1.29 is 14.0 Å². The molecule has 6 nitrogen and oxygen atoms in total. The molecule has 6 heteroatoms. The van der Waals surface area contributed by atoms with Crippen molar-refractivity contribution in [1.82, 2.24) is 15.0 Å². The van der Waals surface area contributed by atoms with Crippen LogP contribution in [0.15, 0.2) is 27.3 Å². The van der Waals surface area contributed by atoms with Crippen LogP contribution in [0.3, 0.4) is 0 Å². The molecule has 0 saturated carbocycles. The third-order valence-corrected chi connectivity index (χ3v) is 3.93. The van der Waals surface area contributed by atoms with Gasteiger partial charge in [0, 0.05) is 12.1 Å². The zero-order valence-electron chi connectivity index (χ0n) is 11.5. The van der Waals surface area contributed by atoms with Gasteiger partial charge in [-0.15, -0.1) is 0 Å². The number of aliphatic hydroxyl groups is 1. The Labute approximate surface area is 117 Å². The molecule has 0 bridgehead atoms. The number of nitrogens with zero attached hydrogens (tertiary/aromatic N) is 3. The number of aromatic nitrogens is 2. The van der Waals surface area contributed by atoms with Gasteiger partial charge in [0.05, 0.1) is 19.4 Å². The predicted molar refractivity (Wildman–Crippen MR) is 71.7 cm³/mol. The standard InChI is InChI=1S/C14H19N3O3/c1-10-4-2-5-11(9-18)17(10)8-13-15-14(16-20-13)12-6-3-7-19-12/h3,6-7,10-11,18H,2,4-5,8-9H2,1H3/t10-,11+/m0/s1. The van der Waals surface area contributed by atoms with Gasteiger partial charge in [-0.3, -0.25) is 4.90 Å².